The number of hydrogen-bond acceptors (Lipinski definition) is 7. The van der Waals surface area contributed by atoms with Crippen LogP contribution in [0.1, 0.15) is 26.7 Å². The van der Waals surface area contributed by atoms with E-state index in [0.717, 1.165) is 11.3 Å². The molecule has 0 radical (unpaired) electrons. The van der Waals surface area contributed by atoms with Gasteiger partial charge in [0.15, 0.2) is 17.5 Å². The van der Waals surface area contributed by atoms with Gasteiger partial charge in [0.05, 0.1) is 17.1 Å². The van der Waals surface area contributed by atoms with Gasteiger partial charge in [-0.15, -0.1) is 10.2 Å². The number of anilines is 2. The summed E-state index contributed by atoms with van der Waals surface area (Å²) in [4.78, 5) is 26.7. The van der Waals surface area contributed by atoms with E-state index in [0.29, 0.717) is 18.0 Å². The molecular formula is C22H18ClF2N7O3. The van der Waals surface area contributed by atoms with Crippen molar-refractivity contribution in [3.05, 3.63) is 76.3 Å². The Hall–Kier alpha value is -4.32. The zero-order chi connectivity index (χ0) is 25.1. The fourth-order valence-electron chi connectivity index (χ4n) is 2.98. The fourth-order valence-corrected chi connectivity index (χ4v) is 3.21. The second-order valence-corrected chi connectivity index (χ2v) is 7.90. The van der Waals surface area contributed by atoms with Gasteiger partial charge in [0, 0.05) is 31.4 Å². The number of hydrogen-bond donors (Lipinski definition) is 3. The summed E-state index contributed by atoms with van der Waals surface area (Å²) in [7, 11) is 3.86. The average molecular weight is 502 g/mol. The second-order valence-electron chi connectivity index (χ2n) is 7.49. The van der Waals surface area contributed by atoms with Crippen LogP contribution in [0.4, 0.5) is 20.3 Å². The second kappa shape index (κ2) is 9.89. The SMILES string of the molecule is CN(C)c1ccc(-c2nnc(CNC(=O)c3cc(NC(=O)c4cc(F)c(F)cc4Cl)n[nH]3)o2)cc1. The highest BCUT2D eigenvalue weighted by Crippen LogP contribution is 2.22. The summed E-state index contributed by atoms with van der Waals surface area (Å²) in [6, 6.07) is 10.1. The van der Waals surface area contributed by atoms with Gasteiger partial charge in [-0.2, -0.15) is 5.10 Å². The third-order valence-electron chi connectivity index (χ3n) is 4.82. The first-order valence-electron chi connectivity index (χ1n) is 10.1. The van der Waals surface area contributed by atoms with Gasteiger partial charge in [-0.25, -0.2) is 8.78 Å². The Balaban J connectivity index is 1.35. The third-order valence-corrected chi connectivity index (χ3v) is 5.13. The molecule has 0 aliphatic rings. The Labute approximate surface area is 202 Å². The number of amides is 2. The minimum absolute atomic E-state index is 0.0238. The number of aromatic amines is 1. The molecular weight excluding hydrogens is 484 g/mol. The molecule has 2 heterocycles. The van der Waals surface area contributed by atoms with Gasteiger partial charge in [0.1, 0.15) is 5.69 Å². The van der Waals surface area contributed by atoms with Gasteiger partial charge in [-0.3, -0.25) is 14.7 Å². The van der Waals surface area contributed by atoms with Crippen LogP contribution in [0.2, 0.25) is 5.02 Å². The standard InChI is InChI=1S/C22H18ClF2N7O3/c1-32(2)12-5-3-11(4-6-12)22-31-30-19(35-22)10-26-21(34)17-9-18(29-28-17)27-20(33)13-7-15(24)16(25)8-14(13)23/h3-9H,10H2,1-2H3,(H,26,34)(H2,27,28,29,33). The van der Waals surface area contributed by atoms with Crippen molar-refractivity contribution in [1.82, 2.24) is 25.7 Å². The number of carbonyl (C=O) groups excluding carboxylic acids is 2. The summed E-state index contributed by atoms with van der Waals surface area (Å²) in [6.45, 7) is -0.0488. The third kappa shape index (κ3) is 5.44. The molecule has 0 aliphatic carbocycles. The van der Waals surface area contributed by atoms with Crippen molar-refractivity contribution in [2.75, 3.05) is 24.3 Å². The molecule has 2 amide bonds. The van der Waals surface area contributed by atoms with Gasteiger partial charge in [-0.1, -0.05) is 11.6 Å². The van der Waals surface area contributed by atoms with E-state index in [1.165, 1.54) is 6.07 Å². The number of carbonyl (C=O) groups is 2. The van der Waals surface area contributed by atoms with Crippen molar-refractivity contribution >= 4 is 34.9 Å². The maximum absolute atomic E-state index is 13.4. The molecule has 0 fully saturated rings. The topological polar surface area (TPSA) is 129 Å². The fraction of sp³-hybridized carbons (Fsp3) is 0.136. The van der Waals surface area contributed by atoms with E-state index in [1.807, 2.05) is 43.3 Å². The van der Waals surface area contributed by atoms with E-state index in [2.05, 4.69) is 31.0 Å². The van der Waals surface area contributed by atoms with Crippen molar-refractivity contribution in [2.24, 2.45) is 0 Å². The van der Waals surface area contributed by atoms with Crippen molar-refractivity contribution in [2.45, 2.75) is 6.54 Å². The van der Waals surface area contributed by atoms with E-state index in [-0.39, 0.29) is 34.5 Å². The van der Waals surface area contributed by atoms with Crippen LogP contribution in [0.5, 0.6) is 0 Å². The van der Waals surface area contributed by atoms with Crippen LogP contribution in [0.25, 0.3) is 11.5 Å². The highest BCUT2D eigenvalue weighted by molar-refractivity contribution is 6.34. The normalized spacial score (nSPS) is 10.8. The molecule has 13 heteroatoms. The zero-order valence-electron chi connectivity index (χ0n) is 18.4. The number of rotatable bonds is 7. The first-order chi connectivity index (χ1) is 16.7. The molecule has 0 saturated carbocycles. The molecule has 35 heavy (non-hydrogen) atoms. The predicted molar refractivity (Wildman–Crippen MR) is 123 cm³/mol. The first-order valence-corrected chi connectivity index (χ1v) is 10.5. The Kier molecular flexibility index (Phi) is 6.73. The van der Waals surface area contributed by atoms with E-state index in [4.69, 9.17) is 16.0 Å². The molecule has 180 valence electrons. The number of benzene rings is 2. The minimum Gasteiger partial charge on any atom is -0.419 e. The number of aromatic nitrogens is 4. The van der Waals surface area contributed by atoms with Crippen molar-refractivity contribution in [3.63, 3.8) is 0 Å². The highest BCUT2D eigenvalue weighted by Gasteiger charge is 2.18. The highest BCUT2D eigenvalue weighted by atomic mass is 35.5. The molecule has 10 nitrogen and oxygen atoms in total. The average Bonchev–Trinajstić information content (AvgIpc) is 3.50. The Morgan fingerprint density at radius 1 is 1.06 bits per heavy atom. The van der Waals surface area contributed by atoms with E-state index < -0.39 is 23.4 Å². The lowest BCUT2D eigenvalue weighted by Gasteiger charge is -2.11. The van der Waals surface area contributed by atoms with E-state index >= 15 is 0 Å². The molecule has 0 aliphatic heterocycles. The van der Waals surface area contributed by atoms with Crippen LogP contribution in [0.15, 0.2) is 46.9 Å². The molecule has 2 aromatic carbocycles. The zero-order valence-corrected chi connectivity index (χ0v) is 19.2. The summed E-state index contributed by atoms with van der Waals surface area (Å²) in [5.41, 5.74) is 1.48. The summed E-state index contributed by atoms with van der Waals surface area (Å²) >= 11 is 5.80. The number of halogens is 3. The molecule has 3 N–H and O–H groups in total. The molecule has 2 aromatic heterocycles. The summed E-state index contributed by atoms with van der Waals surface area (Å²) < 4.78 is 32.2. The largest absolute Gasteiger partial charge is 0.419 e. The molecule has 4 aromatic rings. The minimum atomic E-state index is -1.23. The molecule has 0 saturated heterocycles. The van der Waals surface area contributed by atoms with E-state index in [9.17, 15) is 18.4 Å². The van der Waals surface area contributed by atoms with Crippen LogP contribution in [0.3, 0.4) is 0 Å². The van der Waals surface area contributed by atoms with Crippen LogP contribution >= 0.6 is 11.6 Å². The van der Waals surface area contributed by atoms with Crippen LogP contribution < -0.4 is 15.5 Å². The molecule has 4 rings (SSSR count). The number of H-pyrrole nitrogens is 1. The first kappa shape index (κ1) is 23.8. The lowest BCUT2D eigenvalue weighted by molar-refractivity contribution is 0.0941. The van der Waals surface area contributed by atoms with Gasteiger partial charge < -0.3 is 20.0 Å². The smallest absolute Gasteiger partial charge is 0.269 e. The van der Waals surface area contributed by atoms with E-state index in [1.54, 1.807) is 0 Å². The molecule has 0 atom stereocenters. The van der Waals surface area contributed by atoms with Gasteiger partial charge in [-0.05, 0) is 36.4 Å². The van der Waals surface area contributed by atoms with Crippen LogP contribution in [-0.2, 0) is 6.54 Å². The quantitative estimate of drug-likeness (QED) is 0.330. The van der Waals surface area contributed by atoms with Crippen molar-refractivity contribution in [3.8, 4) is 11.5 Å². The van der Waals surface area contributed by atoms with Crippen molar-refractivity contribution in [1.29, 1.82) is 0 Å². The van der Waals surface area contributed by atoms with Crippen molar-refractivity contribution < 1.29 is 22.8 Å². The van der Waals surface area contributed by atoms with Gasteiger partial charge >= 0.3 is 0 Å². The Bertz CT molecular complexity index is 1390. The van der Waals surface area contributed by atoms with Crippen LogP contribution in [0, 0.1) is 11.6 Å². The Morgan fingerprint density at radius 2 is 1.77 bits per heavy atom. The molecule has 0 unspecified atom stereocenters. The predicted octanol–water partition coefficient (Wildman–Crippen LogP) is 3.64. The summed E-state index contributed by atoms with van der Waals surface area (Å²) in [5, 5.41) is 18.8. The molecule has 0 bridgehead atoms. The Morgan fingerprint density at radius 3 is 2.49 bits per heavy atom. The lowest BCUT2D eigenvalue weighted by atomic mass is 10.2. The van der Waals surface area contributed by atoms with Gasteiger partial charge in [0.2, 0.25) is 11.8 Å². The number of nitrogens with zero attached hydrogens (tertiary/aromatic N) is 4. The molecule has 0 spiro atoms. The monoisotopic (exact) mass is 501 g/mol. The van der Waals surface area contributed by atoms with Crippen LogP contribution in [-0.4, -0.2) is 46.3 Å². The number of nitrogens with one attached hydrogen (secondary N) is 3. The summed E-state index contributed by atoms with van der Waals surface area (Å²) in [5.74, 6) is -3.32. The lowest BCUT2D eigenvalue weighted by Crippen LogP contribution is -2.23. The maximum atomic E-state index is 13.4. The van der Waals surface area contributed by atoms with Gasteiger partial charge in [0.25, 0.3) is 11.8 Å². The maximum Gasteiger partial charge on any atom is 0.269 e. The summed E-state index contributed by atoms with van der Waals surface area (Å²) in [6.07, 6.45) is 0.